The molecular weight excluding hydrogens is 216 g/mol. The summed E-state index contributed by atoms with van der Waals surface area (Å²) in [7, 11) is 0. The Labute approximate surface area is 99.7 Å². The van der Waals surface area contributed by atoms with Crippen LogP contribution in [0.4, 0.5) is 17.5 Å². The number of rotatable bonds is 6. The zero-order valence-electron chi connectivity index (χ0n) is 9.48. The zero-order chi connectivity index (χ0) is 11.9. The van der Waals surface area contributed by atoms with Crippen LogP contribution in [0.2, 0.25) is 0 Å². The Morgan fingerprint density at radius 2 is 2.18 bits per heavy atom. The van der Waals surface area contributed by atoms with Gasteiger partial charge in [-0.3, -0.25) is 0 Å². The minimum absolute atomic E-state index is 0.672. The number of H-pyrrole nitrogens is 1. The van der Waals surface area contributed by atoms with Gasteiger partial charge in [0.05, 0.1) is 0 Å². The molecule has 0 aliphatic carbocycles. The quantitative estimate of drug-likeness (QED) is 0.564. The Bertz CT molecular complexity index is 439. The minimum Gasteiger partial charge on any atom is -0.370 e. The molecule has 2 aromatic heterocycles. The summed E-state index contributed by atoms with van der Waals surface area (Å²) in [5, 5.41) is 6.33. The highest BCUT2D eigenvalue weighted by Gasteiger charge is 1.99. The average Bonchev–Trinajstić information content (AvgIpc) is 2.83. The largest absolute Gasteiger partial charge is 0.370 e. The molecule has 2 heterocycles. The van der Waals surface area contributed by atoms with E-state index in [4.69, 9.17) is 5.73 Å². The van der Waals surface area contributed by atoms with Crippen molar-refractivity contribution in [2.75, 3.05) is 23.7 Å². The maximum Gasteiger partial charge on any atom is 0.136 e. The summed E-state index contributed by atoms with van der Waals surface area (Å²) in [4.78, 5) is 11.3. The van der Waals surface area contributed by atoms with Crippen molar-refractivity contribution in [3.8, 4) is 0 Å². The van der Waals surface area contributed by atoms with E-state index in [1.165, 1.54) is 6.33 Å². The second-order valence-corrected chi connectivity index (χ2v) is 3.57. The lowest BCUT2D eigenvalue weighted by Crippen LogP contribution is -2.09. The molecule has 2 aromatic rings. The lowest BCUT2D eigenvalue weighted by molar-refractivity contribution is 0.869. The smallest absolute Gasteiger partial charge is 0.136 e. The molecule has 0 bridgehead atoms. The van der Waals surface area contributed by atoms with E-state index in [0.717, 1.165) is 30.4 Å². The third-order valence-electron chi connectivity index (χ3n) is 2.21. The van der Waals surface area contributed by atoms with Gasteiger partial charge in [-0.05, 0) is 25.1 Å². The molecule has 0 amide bonds. The summed E-state index contributed by atoms with van der Waals surface area (Å²) >= 11 is 0. The number of aromatic nitrogens is 3. The van der Waals surface area contributed by atoms with E-state index in [1.807, 2.05) is 24.4 Å². The molecule has 0 radical (unpaired) electrons. The summed E-state index contributed by atoms with van der Waals surface area (Å²) in [5.74, 6) is 2.44. The van der Waals surface area contributed by atoms with Gasteiger partial charge in [-0.25, -0.2) is 9.97 Å². The van der Waals surface area contributed by atoms with Crippen LogP contribution in [0.1, 0.15) is 6.42 Å². The van der Waals surface area contributed by atoms with E-state index in [9.17, 15) is 0 Å². The van der Waals surface area contributed by atoms with Crippen LogP contribution in [0.25, 0.3) is 0 Å². The molecule has 6 nitrogen and oxygen atoms in total. The fourth-order valence-corrected chi connectivity index (χ4v) is 1.39. The second-order valence-electron chi connectivity index (χ2n) is 3.57. The standard InChI is InChI=1S/C11H16N6/c12-4-2-6-14-10-7-11(16-8-15-10)17-9-3-1-5-13-9/h1,3,5,7-8,13H,2,4,6,12H2,(H2,14,15,16,17). The van der Waals surface area contributed by atoms with Gasteiger partial charge in [0.25, 0.3) is 0 Å². The Morgan fingerprint density at radius 3 is 2.94 bits per heavy atom. The first-order valence-electron chi connectivity index (χ1n) is 5.55. The predicted octanol–water partition coefficient (Wildman–Crippen LogP) is 1.31. The molecule has 0 saturated carbocycles. The SMILES string of the molecule is NCCCNc1cc(Nc2ccc[nH]2)ncn1. The van der Waals surface area contributed by atoms with Gasteiger partial charge < -0.3 is 21.4 Å². The van der Waals surface area contributed by atoms with Crippen molar-refractivity contribution in [1.82, 2.24) is 15.0 Å². The number of nitrogens with one attached hydrogen (secondary N) is 3. The number of nitrogens with zero attached hydrogens (tertiary/aromatic N) is 2. The van der Waals surface area contributed by atoms with Crippen LogP contribution in [0, 0.1) is 0 Å². The molecule has 90 valence electrons. The van der Waals surface area contributed by atoms with Gasteiger partial charge in [-0.1, -0.05) is 0 Å². The van der Waals surface area contributed by atoms with Gasteiger partial charge in [0, 0.05) is 18.8 Å². The Hall–Kier alpha value is -2.08. The molecule has 0 fully saturated rings. The summed E-state index contributed by atoms with van der Waals surface area (Å²) in [6.45, 7) is 1.49. The molecule has 0 aliphatic heterocycles. The first-order valence-corrected chi connectivity index (χ1v) is 5.55. The van der Waals surface area contributed by atoms with Crippen molar-refractivity contribution in [2.45, 2.75) is 6.42 Å². The highest BCUT2D eigenvalue weighted by molar-refractivity contribution is 5.55. The molecule has 0 spiro atoms. The maximum absolute atomic E-state index is 5.42. The molecular formula is C11H16N6. The van der Waals surface area contributed by atoms with Gasteiger partial charge in [-0.2, -0.15) is 0 Å². The van der Waals surface area contributed by atoms with E-state index in [-0.39, 0.29) is 0 Å². The Morgan fingerprint density at radius 1 is 1.29 bits per heavy atom. The van der Waals surface area contributed by atoms with Crippen molar-refractivity contribution in [1.29, 1.82) is 0 Å². The molecule has 0 aliphatic rings. The van der Waals surface area contributed by atoms with E-state index >= 15 is 0 Å². The lowest BCUT2D eigenvalue weighted by atomic mass is 10.4. The topological polar surface area (TPSA) is 91.7 Å². The summed E-state index contributed by atoms with van der Waals surface area (Å²) in [6.07, 6.45) is 4.30. The first kappa shape index (κ1) is 11.4. The molecule has 0 atom stereocenters. The fraction of sp³-hybridized carbons (Fsp3) is 0.273. The zero-order valence-corrected chi connectivity index (χ0v) is 9.48. The van der Waals surface area contributed by atoms with Crippen LogP contribution in [-0.4, -0.2) is 28.0 Å². The first-order chi connectivity index (χ1) is 8.38. The summed E-state index contributed by atoms with van der Waals surface area (Å²) in [5.41, 5.74) is 5.42. The molecule has 2 rings (SSSR count). The molecule has 0 aromatic carbocycles. The second kappa shape index (κ2) is 5.86. The van der Waals surface area contributed by atoms with Crippen LogP contribution in [-0.2, 0) is 0 Å². The number of anilines is 3. The Kier molecular flexibility index (Phi) is 3.93. The average molecular weight is 232 g/mol. The molecule has 0 saturated heterocycles. The van der Waals surface area contributed by atoms with E-state index in [1.54, 1.807) is 0 Å². The van der Waals surface area contributed by atoms with E-state index in [2.05, 4.69) is 25.6 Å². The van der Waals surface area contributed by atoms with Gasteiger partial charge in [0.2, 0.25) is 0 Å². The van der Waals surface area contributed by atoms with Crippen molar-refractivity contribution < 1.29 is 0 Å². The number of aromatic amines is 1. The number of hydrogen-bond acceptors (Lipinski definition) is 5. The van der Waals surface area contributed by atoms with Crippen LogP contribution >= 0.6 is 0 Å². The van der Waals surface area contributed by atoms with Gasteiger partial charge in [0.15, 0.2) is 0 Å². The van der Waals surface area contributed by atoms with E-state index in [0.29, 0.717) is 6.54 Å². The van der Waals surface area contributed by atoms with Crippen LogP contribution in [0.5, 0.6) is 0 Å². The number of hydrogen-bond donors (Lipinski definition) is 4. The maximum atomic E-state index is 5.42. The third kappa shape index (κ3) is 3.46. The molecule has 0 unspecified atom stereocenters. The van der Waals surface area contributed by atoms with Gasteiger partial charge in [-0.15, -0.1) is 0 Å². The lowest BCUT2D eigenvalue weighted by Gasteiger charge is -2.06. The van der Waals surface area contributed by atoms with Gasteiger partial charge in [0.1, 0.15) is 23.8 Å². The summed E-state index contributed by atoms with van der Waals surface area (Å²) < 4.78 is 0. The van der Waals surface area contributed by atoms with Crippen LogP contribution in [0.15, 0.2) is 30.7 Å². The Balaban J connectivity index is 1.96. The van der Waals surface area contributed by atoms with Crippen molar-refractivity contribution in [2.24, 2.45) is 5.73 Å². The van der Waals surface area contributed by atoms with Crippen LogP contribution < -0.4 is 16.4 Å². The van der Waals surface area contributed by atoms with Gasteiger partial charge >= 0.3 is 0 Å². The third-order valence-corrected chi connectivity index (χ3v) is 2.21. The van der Waals surface area contributed by atoms with Crippen molar-refractivity contribution >= 4 is 17.5 Å². The monoisotopic (exact) mass is 232 g/mol. The molecule has 6 heteroatoms. The van der Waals surface area contributed by atoms with E-state index < -0.39 is 0 Å². The molecule has 5 N–H and O–H groups in total. The highest BCUT2D eigenvalue weighted by atomic mass is 15.1. The van der Waals surface area contributed by atoms with Crippen LogP contribution in [0.3, 0.4) is 0 Å². The molecule has 17 heavy (non-hydrogen) atoms. The van der Waals surface area contributed by atoms with Crippen molar-refractivity contribution in [3.63, 3.8) is 0 Å². The number of nitrogens with two attached hydrogens (primary N) is 1. The highest BCUT2D eigenvalue weighted by Crippen LogP contribution is 2.13. The minimum atomic E-state index is 0.672. The normalized spacial score (nSPS) is 10.2. The fourth-order valence-electron chi connectivity index (χ4n) is 1.39. The predicted molar refractivity (Wildman–Crippen MR) is 68.3 cm³/mol. The summed E-state index contributed by atoms with van der Waals surface area (Å²) in [6, 6.07) is 5.71. The van der Waals surface area contributed by atoms with Crippen molar-refractivity contribution in [3.05, 3.63) is 30.7 Å².